The van der Waals surface area contributed by atoms with Gasteiger partial charge in [0.2, 0.25) is 5.95 Å². The Morgan fingerprint density at radius 3 is 1.01 bits per heavy atom. The molecular weight excluding hydrogens is 833 g/mol. The van der Waals surface area contributed by atoms with E-state index in [1.54, 1.807) is 0 Å². The van der Waals surface area contributed by atoms with Crippen molar-refractivity contribution < 1.29 is 0 Å². The second-order valence-electron chi connectivity index (χ2n) is 16.8. The van der Waals surface area contributed by atoms with Crippen molar-refractivity contribution in [2.45, 2.75) is 0 Å². The lowest BCUT2D eigenvalue weighted by Crippen LogP contribution is -2.06. The molecule has 8 heteroatoms. The molecule has 0 aliphatic heterocycles. The van der Waals surface area contributed by atoms with Gasteiger partial charge in [-0.25, -0.2) is 19.9 Å². The third-order valence-electron chi connectivity index (χ3n) is 12.6. The lowest BCUT2D eigenvalue weighted by atomic mass is 10.0. The van der Waals surface area contributed by atoms with Gasteiger partial charge in [0, 0.05) is 55.0 Å². The first-order chi connectivity index (χ1) is 33.7. The molecule has 0 bridgehead atoms. The summed E-state index contributed by atoms with van der Waals surface area (Å²) in [6.45, 7) is 0. The summed E-state index contributed by atoms with van der Waals surface area (Å²) in [5.41, 5.74) is 12.0. The van der Waals surface area contributed by atoms with Crippen LogP contribution in [0.1, 0.15) is 0 Å². The number of rotatable bonds is 8. The summed E-state index contributed by atoms with van der Waals surface area (Å²) < 4.78 is 4.50. The number of fused-ring (bicyclic) bond motifs is 6. The number of hydrogen-bond donors (Lipinski definition) is 0. The molecule has 4 aromatic heterocycles. The zero-order valence-electron chi connectivity index (χ0n) is 36.5. The largest absolute Gasteiger partial charge is 0.309 e. The topological polar surface area (TPSA) is 87.2 Å². The zero-order chi connectivity index (χ0) is 45.0. The van der Waals surface area contributed by atoms with Gasteiger partial charge in [-0.05, 0) is 65.7 Å². The molecule has 0 amide bonds. The Morgan fingerprint density at radius 2 is 0.559 bits per heavy atom. The second-order valence-corrected chi connectivity index (χ2v) is 16.8. The average Bonchev–Trinajstić information content (AvgIpc) is 3.94. The molecule has 0 aliphatic rings. The van der Waals surface area contributed by atoms with E-state index in [9.17, 15) is 0 Å². The monoisotopic (exact) mass is 870 g/mol. The molecule has 13 aromatic rings. The second kappa shape index (κ2) is 16.2. The molecule has 13 rings (SSSR count). The van der Waals surface area contributed by atoms with E-state index in [4.69, 9.17) is 29.9 Å². The van der Waals surface area contributed by atoms with Gasteiger partial charge in [-0.3, -0.25) is 4.57 Å². The van der Waals surface area contributed by atoms with Gasteiger partial charge in [-0.15, -0.1) is 0 Å². The Balaban J connectivity index is 1.01. The number of para-hydroxylation sites is 2. The van der Waals surface area contributed by atoms with E-state index in [1.807, 2.05) is 121 Å². The highest BCUT2D eigenvalue weighted by molar-refractivity contribution is 6.12. The van der Waals surface area contributed by atoms with Crippen LogP contribution in [-0.2, 0) is 0 Å². The minimum absolute atomic E-state index is 0.520. The highest BCUT2D eigenvalue weighted by Crippen LogP contribution is 2.38. The molecule has 0 aliphatic carbocycles. The van der Waals surface area contributed by atoms with E-state index < -0.39 is 0 Å². The maximum Gasteiger partial charge on any atom is 0.238 e. The molecule has 4 heterocycles. The van der Waals surface area contributed by atoms with Crippen LogP contribution in [0.2, 0.25) is 0 Å². The van der Waals surface area contributed by atoms with E-state index in [-0.39, 0.29) is 0 Å². The predicted molar refractivity (Wildman–Crippen MR) is 275 cm³/mol. The SMILES string of the molecule is c1ccc(-c2nc(-c3ccccc3)nc(-c3ccc4c(c3)c3cc(-c5ccc(-n6c7ccccc7c7ccccc76)cc5)ccc3n4-c3nc(-c4ccccc4)nc(-c4ccccc4)n3)n2)cc1. The Morgan fingerprint density at radius 1 is 0.221 bits per heavy atom. The summed E-state index contributed by atoms with van der Waals surface area (Å²) in [6.07, 6.45) is 0. The number of aromatic nitrogens is 8. The maximum absolute atomic E-state index is 5.21. The van der Waals surface area contributed by atoms with Crippen molar-refractivity contribution in [3.05, 3.63) is 231 Å². The molecule has 8 nitrogen and oxygen atoms in total. The standard InChI is InChI=1S/C60H38N8/c1-5-17-40(18-6-1)55-61-56(41-19-7-2-8-20-41)63-59(62-55)45-32-36-54-50(38-45)49-37-44(39-29-33-46(34-30-39)67-51-27-15-13-25-47(51)48-26-14-16-28-52(48)67)31-35-53(49)68(54)60-65-57(42-21-9-3-10-22-42)64-58(66-60)43-23-11-4-12-24-43/h1-38H. The summed E-state index contributed by atoms with van der Waals surface area (Å²) >= 11 is 0. The van der Waals surface area contributed by atoms with Crippen LogP contribution in [0, 0.1) is 0 Å². The van der Waals surface area contributed by atoms with Gasteiger partial charge in [-0.2, -0.15) is 9.97 Å². The zero-order valence-corrected chi connectivity index (χ0v) is 36.5. The Hall–Kier alpha value is -9.40. The van der Waals surface area contributed by atoms with Crippen LogP contribution in [0.25, 0.3) is 123 Å². The van der Waals surface area contributed by atoms with Crippen molar-refractivity contribution in [1.29, 1.82) is 0 Å². The molecule has 0 saturated carbocycles. The van der Waals surface area contributed by atoms with Crippen LogP contribution in [0.4, 0.5) is 0 Å². The molecule has 318 valence electrons. The fourth-order valence-electron chi connectivity index (χ4n) is 9.40. The van der Waals surface area contributed by atoms with E-state index in [0.717, 1.165) is 66.4 Å². The van der Waals surface area contributed by atoms with E-state index in [1.165, 1.54) is 21.8 Å². The van der Waals surface area contributed by atoms with Crippen LogP contribution >= 0.6 is 0 Å². The number of hydrogen-bond acceptors (Lipinski definition) is 6. The van der Waals surface area contributed by atoms with Gasteiger partial charge < -0.3 is 4.57 Å². The van der Waals surface area contributed by atoms with Gasteiger partial charge in [0.1, 0.15) is 0 Å². The van der Waals surface area contributed by atoms with Crippen LogP contribution in [-0.4, -0.2) is 39.0 Å². The summed E-state index contributed by atoms with van der Waals surface area (Å²) in [5.74, 6) is 3.49. The molecule has 0 atom stereocenters. The Labute approximate surface area is 391 Å². The third-order valence-corrected chi connectivity index (χ3v) is 12.6. The Kier molecular flexibility index (Phi) is 9.31. The molecule has 0 unspecified atom stereocenters. The van der Waals surface area contributed by atoms with Gasteiger partial charge in [0.05, 0.1) is 22.1 Å². The van der Waals surface area contributed by atoms with E-state index in [0.29, 0.717) is 35.1 Å². The summed E-state index contributed by atoms with van der Waals surface area (Å²) in [5, 5.41) is 4.52. The Bertz CT molecular complexity index is 3830. The first-order valence-corrected chi connectivity index (χ1v) is 22.6. The van der Waals surface area contributed by atoms with Crippen molar-refractivity contribution in [3.8, 4) is 79.7 Å². The summed E-state index contributed by atoms with van der Waals surface area (Å²) in [6, 6.07) is 79.5. The number of benzene rings is 9. The molecular formula is C60H38N8. The van der Waals surface area contributed by atoms with Crippen LogP contribution in [0.15, 0.2) is 231 Å². The van der Waals surface area contributed by atoms with Crippen molar-refractivity contribution in [2.75, 3.05) is 0 Å². The van der Waals surface area contributed by atoms with Gasteiger partial charge in [0.15, 0.2) is 29.1 Å². The van der Waals surface area contributed by atoms with Crippen LogP contribution in [0.3, 0.4) is 0 Å². The molecule has 0 saturated heterocycles. The normalized spacial score (nSPS) is 11.5. The molecule has 9 aromatic carbocycles. The first-order valence-electron chi connectivity index (χ1n) is 22.6. The highest BCUT2D eigenvalue weighted by atomic mass is 15.2. The van der Waals surface area contributed by atoms with E-state index in [2.05, 4.69) is 118 Å². The van der Waals surface area contributed by atoms with Crippen molar-refractivity contribution in [1.82, 2.24) is 39.0 Å². The minimum Gasteiger partial charge on any atom is -0.309 e. The smallest absolute Gasteiger partial charge is 0.238 e. The molecule has 0 radical (unpaired) electrons. The average molecular weight is 871 g/mol. The van der Waals surface area contributed by atoms with E-state index >= 15 is 0 Å². The van der Waals surface area contributed by atoms with Crippen LogP contribution < -0.4 is 0 Å². The third kappa shape index (κ3) is 6.78. The molecule has 0 N–H and O–H groups in total. The van der Waals surface area contributed by atoms with Gasteiger partial charge in [-0.1, -0.05) is 176 Å². The maximum atomic E-state index is 5.21. The summed E-state index contributed by atoms with van der Waals surface area (Å²) in [4.78, 5) is 30.6. The fraction of sp³-hybridized carbons (Fsp3) is 0. The van der Waals surface area contributed by atoms with Crippen LogP contribution in [0.5, 0.6) is 0 Å². The lowest BCUT2D eigenvalue weighted by Gasteiger charge is -2.11. The highest BCUT2D eigenvalue weighted by Gasteiger charge is 2.21. The fourth-order valence-corrected chi connectivity index (χ4v) is 9.40. The van der Waals surface area contributed by atoms with Gasteiger partial charge in [0.25, 0.3) is 0 Å². The van der Waals surface area contributed by atoms with Crippen molar-refractivity contribution in [3.63, 3.8) is 0 Å². The molecule has 0 spiro atoms. The van der Waals surface area contributed by atoms with Gasteiger partial charge >= 0.3 is 0 Å². The predicted octanol–water partition coefficient (Wildman–Crippen LogP) is 14.3. The molecule has 68 heavy (non-hydrogen) atoms. The lowest BCUT2D eigenvalue weighted by molar-refractivity contribution is 0.953. The van der Waals surface area contributed by atoms with Crippen molar-refractivity contribution in [2.24, 2.45) is 0 Å². The number of nitrogens with zero attached hydrogens (tertiary/aromatic N) is 8. The van der Waals surface area contributed by atoms with Crippen molar-refractivity contribution >= 4 is 43.6 Å². The molecule has 0 fully saturated rings. The minimum atomic E-state index is 0.520. The first kappa shape index (κ1) is 39.0. The quantitative estimate of drug-likeness (QED) is 0.151. The summed E-state index contributed by atoms with van der Waals surface area (Å²) in [7, 11) is 0.